The first-order chi connectivity index (χ1) is 13.5. The molecule has 0 saturated carbocycles. The van der Waals surface area contributed by atoms with E-state index in [2.05, 4.69) is 46.7 Å². The predicted octanol–water partition coefficient (Wildman–Crippen LogP) is 4.22. The molecule has 0 bridgehead atoms. The number of hydrogen-bond donors (Lipinski definition) is 1. The predicted molar refractivity (Wildman–Crippen MR) is 116 cm³/mol. The third kappa shape index (κ3) is 2.94. The number of aryl methyl sites for hydroxylation is 1. The molecule has 0 amide bonds. The number of hydrogen-bond acceptors (Lipinski definition) is 3. The topological polar surface area (TPSA) is 42.3 Å². The Bertz CT molecular complexity index is 1010. The molecule has 1 N–H and O–H groups in total. The maximum atomic E-state index is 5.79. The van der Waals surface area contributed by atoms with Gasteiger partial charge in [-0.2, -0.15) is 0 Å². The summed E-state index contributed by atoms with van der Waals surface area (Å²) < 4.78 is 7.86. The number of ether oxygens (including phenoxy) is 1. The van der Waals surface area contributed by atoms with Crippen molar-refractivity contribution in [3.05, 3.63) is 77.4 Å². The van der Waals surface area contributed by atoms with E-state index >= 15 is 0 Å². The quantitative estimate of drug-likeness (QED) is 0.673. The molecule has 5 nitrogen and oxygen atoms in total. The largest absolute Gasteiger partial charge is 0.495 e. The number of thiocarbonyl (C=S) groups is 1. The Labute approximate surface area is 171 Å². The molecule has 1 aliphatic heterocycles. The van der Waals surface area contributed by atoms with Gasteiger partial charge in [0.05, 0.1) is 30.6 Å². The Balaban J connectivity index is 1.91. The van der Waals surface area contributed by atoms with Crippen molar-refractivity contribution in [2.45, 2.75) is 25.9 Å². The molecule has 4 rings (SSSR count). The van der Waals surface area contributed by atoms with Crippen LogP contribution in [-0.4, -0.2) is 21.8 Å². The Morgan fingerprint density at radius 1 is 1.11 bits per heavy atom. The van der Waals surface area contributed by atoms with Gasteiger partial charge in [0.15, 0.2) is 5.11 Å². The van der Waals surface area contributed by atoms with Crippen LogP contribution in [0.2, 0.25) is 0 Å². The van der Waals surface area contributed by atoms with E-state index in [1.54, 1.807) is 7.11 Å². The molecule has 1 aromatic carbocycles. The fourth-order valence-electron chi connectivity index (χ4n) is 3.94. The highest BCUT2D eigenvalue weighted by Crippen LogP contribution is 2.45. The number of anilines is 1. The van der Waals surface area contributed by atoms with Gasteiger partial charge in [-0.3, -0.25) is 4.98 Å². The van der Waals surface area contributed by atoms with Gasteiger partial charge in [-0.05, 0) is 62.0 Å². The molecule has 2 atom stereocenters. The summed E-state index contributed by atoms with van der Waals surface area (Å²) in [6.07, 6.45) is 1.83. The minimum absolute atomic E-state index is 0.0291. The maximum Gasteiger partial charge on any atom is 0.174 e. The van der Waals surface area contributed by atoms with E-state index in [4.69, 9.17) is 17.0 Å². The zero-order chi connectivity index (χ0) is 19.8. The lowest BCUT2D eigenvalue weighted by Crippen LogP contribution is -2.30. The number of nitrogens with one attached hydrogen (secondary N) is 1. The van der Waals surface area contributed by atoms with Crippen molar-refractivity contribution in [3.8, 4) is 5.75 Å². The monoisotopic (exact) mass is 392 g/mol. The van der Waals surface area contributed by atoms with Crippen LogP contribution in [0.4, 0.5) is 5.69 Å². The van der Waals surface area contributed by atoms with Crippen LogP contribution in [-0.2, 0) is 7.05 Å². The average Bonchev–Trinajstić information content (AvgIpc) is 3.19. The van der Waals surface area contributed by atoms with E-state index in [9.17, 15) is 0 Å². The number of aromatic nitrogens is 2. The fraction of sp³-hybridized carbons (Fsp3) is 0.273. The molecule has 2 unspecified atom stereocenters. The molecule has 0 aliphatic carbocycles. The lowest BCUT2D eigenvalue weighted by Gasteiger charge is -2.29. The molecule has 0 radical (unpaired) electrons. The van der Waals surface area contributed by atoms with Gasteiger partial charge in [0.1, 0.15) is 5.75 Å². The van der Waals surface area contributed by atoms with E-state index in [0.717, 1.165) is 17.1 Å². The minimum atomic E-state index is -0.0564. The molecule has 144 valence electrons. The third-order valence-corrected chi connectivity index (χ3v) is 5.89. The van der Waals surface area contributed by atoms with Crippen LogP contribution >= 0.6 is 12.2 Å². The highest BCUT2D eigenvalue weighted by atomic mass is 32.1. The first-order valence-electron chi connectivity index (χ1n) is 9.29. The number of rotatable bonds is 4. The van der Waals surface area contributed by atoms with Crippen molar-refractivity contribution in [1.29, 1.82) is 0 Å². The Kier molecular flexibility index (Phi) is 4.81. The smallest absolute Gasteiger partial charge is 0.174 e. The van der Waals surface area contributed by atoms with Gasteiger partial charge in [-0.15, -0.1) is 0 Å². The van der Waals surface area contributed by atoms with E-state index < -0.39 is 0 Å². The molecule has 3 aromatic rings. The van der Waals surface area contributed by atoms with Crippen molar-refractivity contribution in [1.82, 2.24) is 14.9 Å². The number of pyridine rings is 1. The summed E-state index contributed by atoms with van der Waals surface area (Å²) in [5.74, 6) is 0.795. The van der Waals surface area contributed by atoms with Crippen LogP contribution in [0.3, 0.4) is 0 Å². The van der Waals surface area contributed by atoms with Gasteiger partial charge in [0.2, 0.25) is 0 Å². The van der Waals surface area contributed by atoms with E-state index in [1.807, 2.05) is 48.7 Å². The summed E-state index contributed by atoms with van der Waals surface area (Å²) >= 11 is 5.79. The molecular formula is C22H24N4OS. The molecule has 6 heteroatoms. The highest BCUT2D eigenvalue weighted by molar-refractivity contribution is 7.80. The summed E-state index contributed by atoms with van der Waals surface area (Å²) in [6.45, 7) is 4.28. The lowest BCUT2D eigenvalue weighted by atomic mass is 9.96. The zero-order valence-corrected chi connectivity index (χ0v) is 17.3. The Morgan fingerprint density at radius 3 is 2.50 bits per heavy atom. The summed E-state index contributed by atoms with van der Waals surface area (Å²) in [5.41, 5.74) is 5.58. The van der Waals surface area contributed by atoms with E-state index in [-0.39, 0.29) is 12.1 Å². The van der Waals surface area contributed by atoms with Gasteiger partial charge in [-0.25, -0.2) is 0 Å². The standard InChI is InChI=1S/C22H24N4OS/c1-14-13-16(15(2)25(14)3)21-20(17-9-7-8-12-23-17)24-22(28)26(21)18-10-5-6-11-19(18)27-4/h5-13,20-21H,1-4H3,(H,24,28). The van der Waals surface area contributed by atoms with Gasteiger partial charge >= 0.3 is 0 Å². The summed E-state index contributed by atoms with van der Waals surface area (Å²) in [5, 5.41) is 4.18. The number of methoxy groups -OCH3 is 1. The summed E-state index contributed by atoms with van der Waals surface area (Å²) in [6, 6.07) is 16.1. The summed E-state index contributed by atoms with van der Waals surface area (Å²) in [7, 11) is 3.78. The summed E-state index contributed by atoms with van der Waals surface area (Å²) in [4.78, 5) is 6.78. The first kappa shape index (κ1) is 18.5. The SMILES string of the molecule is COc1ccccc1N1C(=S)NC(c2ccccn2)C1c1cc(C)n(C)c1C. The van der Waals surface area contributed by atoms with Gasteiger partial charge in [0.25, 0.3) is 0 Å². The maximum absolute atomic E-state index is 5.79. The molecule has 2 aromatic heterocycles. The van der Waals surface area contributed by atoms with Crippen LogP contribution < -0.4 is 15.0 Å². The van der Waals surface area contributed by atoms with Gasteiger partial charge < -0.3 is 19.5 Å². The second kappa shape index (κ2) is 7.28. The van der Waals surface area contributed by atoms with Crippen LogP contribution in [0.1, 0.15) is 34.7 Å². The molecule has 1 aliphatic rings. The van der Waals surface area contributed by atoms with Crippen molar-refractivity contribution in [2.75, 3.05) is 12.0 Å². The zero-order valence-electron chi connectivity index (χ0n) is 16.5. The lowest BCUT2D eigenvalue weighted by molar-refractivity contribution is 0.414. The van der Waals surface area contributed by atoms with Crippen molar-refractivity contribution < 1.29 is 4.74 Å². The molecule has 1 fully saturated rings. The van der Waals surface area contributed by atoms with Gasteiger partial charge in [0, 0.05) is 24.6 Å². The number of nitrogens with zero attached hydrogens (tertiary/aromatic N) is 3. The second-order valence-electron chi connectivity index (χ2n) is 7.05. The molecule has 3 heterocycles. The third-order valence-electron chi connectivity index (χ3n) is 5.58. The van der Waals surface area contributed by atoms with Crippen LogP contribution in [0, 0.1) is 13.8 Å². The number of benzene rings is 1. The molecule has 28 heavy (non-hydrogen) atoms. The van der Waals surface area contributed by atoms with E-state index in [1.165, 1.54) is 17.0 Å². The Morgan fingerprint density at radius 2 is 1.86 bits per heavy atom. The van der Waals surface area contributed by atoms with Crippen LogP contribution in [0.5, 0.6) is 5.75 Å². The fourth-order valence-corrected chi connectivity index (χ4v) is 4.28. The minimum Gasteiger partial charge on any atom is -0.495 e. The number of para-hydroxylation sites is 2. The van der Waals surface area contributed by atoms with Gasteiger partial charge in [-0.1, -0.05) is 18.2 Å². The van der Waals surface area contributed by atoms with Crippen molar-refractivity contribution >= 4 is 23.0 Å². The van der Waals surface area contributed by atoms with Crippen LogP contribution in [0.15, 0.2) is 54.7 Å². The molecule has 1 saturated heterocycles. The molecule has 0 spiro atoms. The van der Waals surface area contributed by atoms with E-state index in [0.29, 0.717) is 5.11 Å². The van der Waals surface area contributed by atoms with Crippen molar-refractivity contribution in [3.63, 3.8) is 0 Å². The van der Waals surface area contributed by atoms with Crippen LogP contribution in [0.25, 0.3) is 0 Å². The second-order valence-corrected chi connectivity index (χ2v) is 7.44. The average molecular weight is 393 g/mol. The highest BCUT2D eigenvalue weighted by Gasteiger charge is 2.42. The normalized spacial score (nSPS) is 19.0. The Hall–Kier alpha value is -2.86. The van der Waals surface area contributed by atoms with Crippen molar-refractivity contribution in [2.24, 2.45) is 7.05 Å². The first-order valence-corrected chi connectivity index (χ1v) is 9.70. The molecular weight excluding hydrogens is 368 g/mol.